The Kier molecular flexibility index (Phi) is 3.99. The van der Waals surface area contributed by atoms with Crippen LogP contribution >= 0.6 is 0 Å². The monoisotopic (exact) mass is 347 g/mol. The van der Waals surface area contributed by atoms with Crippen LogP contribution in [0.15, 0.2) is 54.7 Å². The summed E-state index contributed by atoms with van der Waals surface area (Å²) >= 11 is 0. The number of nitrogens with one attached hydrogen (secondary N) is 1. The molecule has 2 aromatic heterocycles. The molecule has 0 saturated carbocycles. The Morgan fingerprint density at radius 3 is 2.77 bits per heavy atom. The van der Waals surface area contributed by atoms with E-state index in [1.165, 1.54) is 0 Å². The molecule has 1 unspecified atom stereocenters. The van der Waals surface area contributed by atoms with Crippen molar-refractivity contribution in [3.8, 4) is 11.4 Å². The molecule has 132 valence electrons. The summed E-state index contributed by atoms with van der Waals surface area (Å²) in [5, 5.41) is 11.0. The molecule has 5 nitrogen and oxygen atoms in total. The van der Waals surface area contributed by atoms with Gasteiger partial charge in [-0.25, -0.2) is 9.78 Å². The fourth-order valence-corrected chi connectivity index (χ4v) is 3.52. The first kappa shape index (κ1) is 16.4. The summed E-state index contributed by atoms with van der Waals surface area (Å²) in [6, 6.07) is 15.1. The highest BCUT2D eigenvalue weighted by atomic mass is 16.4. The van der Waals surface area contributed by atoms with Crippen LogP contribution in [0.25, 0.3) is 33.3 Å². The van der Waals surface area contributed by atoms with E-state index in [1.807, 2.05) is 67.1 Å². The summed E-state index contributed by atoms with van der Waals surface area (Å²) in [6.45, 7) is 4.08. The first-order valence-corrected chi connectivity index (χ1v) is 8.82. The van der Waals surface area contributed by atoms with Crippen molar-refractivity contribution in [3.63, 3.8) is 0 Å². The normalized spacial score (nSPS) is 12.9. The number of para-hydroxylation sites is 2. The molecule has 2 N–H and O–H groups in total. The zero-order chi connectivity index (χ0) is 18.3. The molecule has 4 rings (SSSR count). The molecule has 0 amide bonds. The highest BCUT2D eigenvalue weighted by Gasteiger charge is 2.26. The van der Waals surface area contributed by atoms with Gasteiger partial charge < -0.3 is 14.7 Å². The maximum atomic E-state index is 12.1. The average Bonchev–Trinajstić information content (AvgIpc) is 3.22. The van der Waals surface area contributed by atoms with Gasteiger partial charge in [-0.1, -0.05) is 26.0 Å². The topological polar surface area (TPSA) is 70.9 Å². The van der Waals surface area contributed by atoms with Crippen molar-refractivity contribution in [2.45, 2.75) is 26.3 Å². The maximum absolute atomic E-state index is 12.1. The largest absolute Gasteiger partial charge is 0.480 e. The molecule has 26 heavy (non-hydrogen) atoms. The van der Waals surface area contributed by atoms with Crippen molar-refractivity contribution in [1.82, 2.24) is 14.5 Å². The van der Waals surface area contributed by atoms with Gasteiger partial charge in [-0.2, -0.15) is 0 Å². The van der Waals surface area contributed by atoms with Gasteiger partial charge in [0.25, 0.3) is 0 Å². The van der Waals surface area contributed by atoms with E-state index in [0.717, 1.165) is 27.5 Å². The Morgan fingerprint density at radius 2 is 2.00 bits per heavy atom. The van der Waals surface area contributed by atoms with E-state index in [9.17, 15) is 9.90 Å². The van der Waals surface area contributed by atoms with Crippen LogP contribution in [-0.4, -0.2) is 25.6 Å². The van der Waals surface area contributed by atoms with Crippen LogP contribution in [-0.2, 0) is 4.79 Å². The Morgan fingerprint density at radius 1 is 1.19 bits per heavy atom. The Bertz CT molecular complexity index is 1090. The third-order valence-electron chi connectivity index (χ3n) is 4.70. The molecule has 0 spiro atoms. The predicted octanol–water partition coefficient (Wildman–Crippen LogP) is 4.86. The fraction of sp³-hybridized carbons (Fsp3) is 0.238. The van der Waals surface area contributed by atoms with E-state index < -0.39 is 12.0 Å². The number of imidazole rings is 1. The molecule has 0 saturated heterocycles. The van der Waals surface area contributed by atoms with E-state index in [4.69, 9.17) is 4.98 Å². The quantitative estimate of drug-likeness (QED) is 0.542. The first-order valence-electron chi connectivity index (χ1n) is 8.82. The number of rotatable bonds is 5. The van der Waals surface area contributed by atoms with E-state index in [1.54, 1.807) is 0 Å². The second kappa shape index (κ2) is 6.33. The lowest BCUT2D eigenvalue weighted by atomic mass is 10.0. The van der Waals surface area contributed by atoms with Crippen molar-refractivity contribution < 1.29 is 9.90 Å². The van der Waals surface area contributed by atoms with Crippen LogP contribution in [0.5, 0.6) is 0 Å². The highest BCUT2D eigenvalue weighted by molar-refractivity contribution is 5.88. The number of H-pyrrole nitrogens is 1. The second-order valence-electron chi connectivity index (χ2n) is 7.06. The standard InChI is InChI=1S/C21H21N3O2/c1-13(2)11-19(21(25)26)24-18-6-4-3-5-17(18)23-20(24)15-7-8-16-14(12-15)9-10-22-16/h3-10,12-13,19,22H,11H2,1-2H3,(H,25,26). The van der Waals surface area contributed by atoms with Crippen LogP contribution in [0, 0.1) is 5.92 Å². The summed E-state index contributed by atoms with van der Waals surface area (Å²) in [5.41, 5.74) is 3.63. The number of hydrogen-bond acceptors (Lipinski definition) is 2. The van der Waals surface area contributed by atoms with Crippen LogP contribution in [0.1, 0.15) is 26.3 Å². The molecule has 4 aromatic rings. The number of nitrogens with zero attached hydrogens (tertiary/aromatic N) is 2. The van der Waals surface area contributed by atoms with Crippen molar-refractivity contribution in [2.75, 3.05) is 0 Å². The molecule has 0 aliphatic rings. The van der Waals surface area contributed by atoms with Gasteiger partial charge in [-0.15, -0.1) is 0 Å². The molecule has 0 radical (unpaired) electrons. The highest BCUT2D eigenvalue weighted by Crippen LogP contribution is 2.32. The number of aromatic nitrogens is 3. The Balaban J connectivity index is 1.97. The fourth-order valence-electron chi connectivity index (χ4n) is 3.52. The van der Waals surface area contributed by atoms with Crippen LogP contribution < -0.4 is 0 Å². The summed E-state index contributed by atoms with van der Waals surface area (Å²) in [6.07, 6.45) is 2.45. The van der Waals surface area contributed by atoms with Crippen molar-refractivity contribution in [3.05, 3.63) is 54.7 Å². The zero-order valence-corrected chi connectivity index (χ0v) is 14.8. The molecule has 1 atom stereocenters. The van der Waals surface area contributed by atoms with Gasteiger partial charge in [-0.05, 0) is 48.7 Å². The Labute approximate surface area is 151 Å². The molecule has 2 heterocycles. The van der Waals surface area contributed by atoms with Crippen molar-refractivity contribution >= 4 is 27.9 Å². The third kappa shape index (κ3) is 2.75. The van der Waals surface area contributed by atoms with Gasteiger partial charge in [0.1, 0.15) is 11.9 Å². The lowest BCUT2D eigenvalue weighted by Crippen LogP contribution is -2.21. The SMILES string of the molecule is CC(C)CC(C(=O)O)n1c(-c2ccc3[nH]ccc3c2)nc2ccccc21. The number of aromatic amines is 1. The molecule has 0 bridgehead atoms. The van der Waals surface area contributed by atoms with E-state index in [0.29, 0.717) is 12.2 Å². The smallest absolute Gasteiger partial charge is 0.326 e. The summed E-state index contributed by atoms with van der Waals surface area (Å²) < 4.78 is 1.88. The maximum Gasteiger partial charge on any atom is 0.326 e. The van der Waals surface area contributed by atoms with Crippen molar-refractivity contribution in [2.24, 2.45) is 5.92 Å². The van der Waals surface area contributed by atoms with Crippen LogP contribution in [0.4, 0.5) is 0 Å². The van der Waals surface area contributed by atoms with Gasteiger partial charge in [0.15, 0.2) is 0 Å². The lowest BCUT2D eigenvalue weighted by Gasteiger charge is -2.20. The van der Waals surface area contributed by atoms with E-state index in [2.05, 4.69) is 11.1 Å². The second-order valence-corrected chi connectivity index (χ2v) is 7.06. The number of hydrogen-bond donors (Lipinski definition) is 2. The minimum absolute atomic E-state index is 0.261. The number of carboxylic acid groups (broad SMARTS) is 1. The van der Waals surface area contributed by atoms with Crippen LogP contribution in [0.2, 0.25) is 0 Å². The third-order valence-corrected chi connectivity index (χ3v) is 4.70. The van der Waals surface area contributed by atoms with Gasteiger partial charge in [-0.3, -0.25) is 0 Å². The molecular weight excluding hydrogens is 326 g/mol. The molecule has 0 aliphatic heterocycles. The minimum Gasteiger partial charge on any atom is -0.480 e. The molecule has 2 aromatic carbocycles. The van der Waals surface area contributed by atoms with Gasteiger partial charge >= 0.3 is 5.97 Å². The number of carbonyl (C=O) groups is 1. The van der Waals surface area contributed by atoms with Crippen LogP contribution in [0.3, 0.4) is 0 Å². The summed E-state index contributed by atoms with van der Waals surface area (Å²) in [7, 11) is 0. The lowest BCUT2D eigenvalue weighted by molar-refractivity contribution is -0.141. The summed E-state index contributed by atoms with van der Waals surface area (Å²) in [5.74, 6) is 0.130. The summed E-state index contributed by atoms with van der Waals surface area (Å²) in [4.78, 5) is 20.0. The van der Waals surface area contributed by atoms with Gasteiger partial charge in [0, 0.05) is 22.7 Å². The molecule has 0 aliphatic carbocycles. The number of aliphatic carboxylic acids is 1. The Hall–Kier alpha value is -3.08. The number of carboxylic acids is 1. The van der Waals surface area contributed by atoms with Gasteiger partial charge in [0.2, 0.25) is 0 Å². The number of benzene rings is 2. The van der Waals surface area contributed by atoms with Crippen molar-refractivity contribution in [1.29, 1.82) is 0 Å². The average molecular weight is 347 g/mol. The van der Waals surface area contributed by atoms with E-state index in [-0.39, 0.29) is 5.92 Å². The molecular formula is C21H21N3O2. The molecule has 5 heteroatoms. The van der Waals surface area contributed by atoms with Gasteiger partial charge in [0.05, 0.1) is 11.0 Å². The zero-order valence-electron chi connectivity index (χ0n) is 14.8. The number of fused-ring (bicyclic) bond motifs is 2. The first-order chi connectivity index (χ1) is 12.5. The predicted molar refractivity (Wildman–Crippen MR) is 103 cm³/mol. The molecule has 0 fully saturated rings. The minimum atomic E-state index is -0.828. The van der Waals surface area contributed by atoms with E-state index >= 15 is 0 Å².